The van der Waals surface area contributed by atoms with Gasteiger partial charge in [-0.3, -0.25) is 4.98 Å². The highest BCUT2D eigenvalue weighted by Gasteiger charge is 2.05. The quantitative estimate of drug-likeness (QED) is 0.821. The number of pyridine rings is 1. The second-order valence-electron chi connectivity index (χ2n) is 4.47. The molecule has 0 unspecified atom stereocenters. The van der Waals surface area contributed by atoms with E-state index < -0.39 is 0 Å². The third-order valence-corrected chi connectivity index (χ3v) is 2.99. The van der Waals surface area contributed by atoms with Crippen LogP contribution in [-0.4, -0.2) is 16.5 Å². The first-order valence-electron chi connectivity index (χ1n) is 6.20. The van der Waals surface area contributed by atoms with E-state index in [1.54, 1.807) is 0 Å². The van der Waals surface area contributed by atoms with Crippen molar-refractivity contribution in [3.8, 4) is 0 Å². The molecule has 2 rings (SSSR count). The van der Waals surface area contributed by atoms with Crippen molar-refractivity contribution in [3.63, 3.8) is 0 Å². The van der Waals surface area contributed by atoms with Crippen molar-refractivity contribution in [2.75, 3.05) is 6.54 Å². The van der Waals surface area contributed by atoms with Crippen molar-refractivity contribution in [1.29, 1.82) is 0 Å². The van der Waals surface area contributed by atoms with Gasteiger partial charge in [0.1, 0.15) is 5.76 Å². The lowest BCUT2D eigenvalue weighted by Gasteiger charge is -2.05. The highest BCUT2D eigenvalue weighted by Crippen LogP contribution is 2.09. The number of nitrogens with one attached hydrogen (secondary N) is 1. The molecule has 0 fully saturated rings. The van der Waals surface area contributed by atoms with Gasteiger partial charge in [-0.1, -0.05) is 0 Å². The third kappa shape index (κ3) is 3.17. The zero-order chi connectivity index (χ0) is 13.0. The molecule has 0 saturated carbocycles. The van der Waals surface area contributed by atoms with Crippen LogP contribution in [0.15, 0.2) is 22.9 Å². The summed E-state index contributed by atoms with van der Waals surface area (Å²) in [4.78, 5) is 8.34. The number of oxazole rings is 1. The Morgan fingerprint density at radius 3 is 2.78 bits per heavy atom. The Balaban J connectivity index is 1.80. The second-order valence-corrected chi connectivity index (χ2v) is 4.47. The van der Waals surface area contributed by atoms with Gasteiger partial charge in [0, 0.05) is 19.3 Å². The Bertz CT molecular complexity index is 520. The average molecular weight is 245 g/mol. The predicted octanol–water partition coefficient (Wildman–Crippen LogP) is 2.33. The average Bonchev–Trinajstić information content (AvgIpc) is 2.65. The van der Waals surface area contributed by atoms with Crippen molar-refractivity contribution in [1.82, 2.24) is 15.3 Å². The minimum Gasteiger partial charge on any atom is -0.444 e. The van der Waals surface area contributed by atoms with Crippen LogP contribution in [0, 0.1) is 20.8 Å². The molecule has 0 amide bonds. The maximum atomic E-state index is 5.51. The van der Waals surface area contributed by atoms with Crippen LogP contribution in [0.5, 0.6) is 0 Å². The Labute approximate surface area is 107 Å². The molecule has 0 aromatic carbocycles. The van der Waals surface area contributed by atoms with E-state index in [-0.39, 0.29) is 0 Å². The fourth-order valence-corrected chi connectivity index (χ4v) is 1.95. The molecule has 18 heavy (non-hydrogen) atoms. The summed E-state index contributed by atoms with van der Waals surface area (Å²) in [5, 5.41) is 3.38. The molecule has 0 aliphatic rings. The summed E-state index contributed by atoms with van der Waals surface area (Å²) in [6.45, 7) is 7.59. The van der Waals surface area contributed by atoms with E-state index >= 15 is 0 Å². The maximum absolute atomic E-state index is 5.51. The van der Waals surface area contributed by atoms with E-state index in [2.05, 4.69) is 28.3 Å². The lowest BCUT2D eigenvalue weighted by atomic mass is 10.1. The van der Waals surface area contributed by atoms with Gasteiger partial charge in [0.2, 0.25) is 0 Å². The topological polar surface area (TPSA) is 51.0 Å². The monoisotopic (exact) mass is 245 g/mol. The van der Waals surface area contributed by atoms with E-state index in [4.69, 9.17) is 4.42 Å². The van der Waals surface area contributed by atoms with Crippen LogP contribution in [0.4, 0.5) is 0 Å². The maximum Gasteiger partial charge on any atom is 0.191 e. The zero-order valence-electron chi connectivity index (χ0n) is 11.2. The van der Waals surface area contributed by atoms with Gasteiger partial charge in [-0.2, -0.15) is 0 Å². The Hall–Kier alpha value is -1.68. The molecule has 0 aliphatic heterocycles. The molecule has 4 nitrogen and oxygen atoms in total. The van der Waals surface area contributed by atoms with Crippen LogP contribution < -0.4 is 5.32 Å². The summed E-state index contributed by atoms with van der Waals surface area (Å²) >= 11 is 0. The summed E-state index contributed by atoms with van der Waals surface area (Å²) in [7, 11) is 0. The molecule has 1 N–H and O–H groups in total. The van der Waals surface area contributed by atoms with Crippen molar-refractivity contribution >= 4 is 0 Å². The molecule has 2 aromatic heterocycles. The molecule has 0 saturated heterocycles. The summed E-state index contributed by atoms with van der Waals surface area (Å²) < 4.78 is 5.51. The van der Waals surface area contributed by atoms with Crippen LogP contribution in [0.3, 0.4) is 0 Å². The summed E-state index contributed by atoms with van der Waals surface area (Å²) in [6, 6.07) is 2.07. The number of aryl methyl sites for hydroxylation is 3. The molecule has 0 aliphatic carbocycles. The molecule has 2 heterocycles. The number of nitrogens with zero attached hydrogens (tertiary/aromatic N) is 2. The van der Waals surface area contributed by atoms with E-state index in [1.807, 2.05) is 26.2 Å². The zero-order valence-corrected chi connectivity index (χ0v) is 11.2. The molecule has 0 radical (unpaired) electrons. The number of rotatable bonds is 5. The molecular formula is C14H19N3O. The van der Waals surface area contributed by atoms with Gasteiger partial charge < -0.3 is 9.73 Å². The van der Waals surface area contributed by atoms with Gasteiger partial charge in [-0.15, -0.1) is 0 Å². The Kier molecular flexibility index (Phi) is 4.10. The normalized spacial score (nSPS) is 10.8. The first-order valence-corrected chi connectivity index (χ1v) is 6.20. The molecule has 4 heteroatoms. The van der Waals surface area contributed by atoms with Crippen LogP contribution in [-0.2, 0) is 13.0 Å². The smallest absolute Gasteiger partial charge is 0.191 e. The third-order valence-electron chi connectivity index (χ3n) is 2.99. The van der Waals surface area contributed by atoms with Crippen LogP contribution >= 0.6 is 0 Å². The van der Waals surface area contributed by atoms with Gasteiger partial charge in [0.25, 0.3) is 0 Å². The fraction of sp³-hybridized carbons (Fsp3) is 0.429. The summed E-state index contributed by atoms with van der Waals surface area (Å²) in [5.74, 6) is 1.66. The van der Waals surface area contributed by atoms with Crippen molar-refractivity contribution in [2.45, 2.75) is 33.7 Å². The Morgan fingerprint density at radius 2 is 2.11 bits per heavy atom. The molecule has 0 atom stereocenters. The number of aromatic nitrogens is 2. The van der Waals surface area contributed by atoms with Crippen molar-refractivity contribution in [2.24, 2.45) is 0 Å². The van der Waals surface area contributed by atoms with E-state index in [0.29, 0.717) is 0 Å². The molecule has 96 valence electrons. The van der Waals surface area contributed by atoms with Crippen LogP contribution in [0.1, 0.15) is 28.5 Å². The molecule has 2 aromatic rings. The highest BCUT2D eigenvalue weighted by atomic mass is 16.4. The largest absolute Gasteiger partial charge is 0.444 e. The molecular weight excluding hydrogens is 226 g/mol. The van der Waals surface area contributed by atoms with Crippen molar-refractivity contribution < 1.29 is 4.42 Å². The lowest BCUT2D eigenvalue weighted by molar-refractivity contribution is 0.455. The minimum atomic E-state index is 0.731. The lowest BCUT2D eigenvalue weighted by Crippen LogP contribution is -2.17. The molecule has 0 spiro atoms. The second kappa shape index (κ2) is 5.78. The van der Waals surface area contributed by atoms with Crippen LogP contribution in [0.2, 0.25) is 0 Å². The van der Waals surface area contributed by atoms with Crippen molar-refractivity contribution in [3.05, 3.63) is 46.9 Å². The van der Waals surface area contributed by atoms with Gasteiger partial charge >= 0.3 is 0 Å². The predicted molar refractivity (Wildman–Crippen MR) is 70.4 cm³/mol. The standard InChI is InChI=1S/C14H19N3O/c1-10-8-15-6-4-13(10)5-7-16-9-14-11(2)17-12(3)18-14/h4,6,8,16H,5,7,9H2,1-3H3. The molecule has 0 bridgehead atoms. The highest BCUT2D eigenvalue weighted by molar-refractivity contribution is 5.21. The van der Waals surface area contributed by atoms with E-state index in [9.17, 15) is 0 Å². The fourth-order valence-electron chi connectivity index (χ4n) is 1.95. The van der Waals surface area contributed by atoms with E-state index in [1.165, 1.54) is 11.1 Å². The van der Waals surface area contributed by atoms with Gasteiger partial charge in [-0.25, -0.2) is 4.98 Å². The first kappa shape index (κ1) is 12.8. The number of hydrogen-bond acceptors (Lipinski definition) is 4. The first-order chi connectivity index (χ1) is 8.66. The summed E-state index contributed by atoms with van der Waals surface area (Å²) in [6.07, 6.45) is 4.74. The summed E-state index contributed by atoms with van der Waals surface area (Å²) in [5.41, 5.74) is 3.55. The Morgan fingerprint density at radius 1 is 1.28 bits per heavy atom. The van der Waals surface area contributed by atoms with E-state index in [0.717, 1.165) is 36.9 Å². The van der Waals surface area contributed by atoms with Gasteiger partial charge in [0.15, 0.2) is 5.89 Å². The minimum absolute atomic E-state index is 0.731. The number of hydrogen-bond donors (Lipinski definition) is 1. The van der Waals surface area contributed by atoms with Gasteiger partial charge in [0.05, 0.1) is 12.2 Å². The van der Waals surface area contributed by atoms with Crippen LogP contribution in [0.25, 0.3) is 0 Å². The van der Waals surface area contributed by atoms with Gasteiger partial charge in [-0.05, 0) is 44.0 Å². The SMILES string of the molecule is Cc1nc(C)c(CNCCc2ccncc2C)o1.